The number of hydrogen-bond donors (Lipinski definition) is 3. The molecule has 1 aromatic carbocycles. The fraction of sp³-hybridized carbons (Fsp3) is 0.333. The first-order chi connectivity index (χ1) is 11.0. The Hall–Kier alpha value is -1.83. The van der Waals surface area contributed by atoms with Gasteiger partial charge in [0.1, 0.15) is 0 Å². The largest absolute Gasteiger partial charge is 0.377 e. The van der Waals surface area contributed by atoms with Crippen LogP contribution in [0, 0.1) is 0 Å². The van der Waals surface area contributed by atoms with Gasteiger partial charge < -0.3 is 26.1 Å². The van der Waals surface area contributed by atoms with Crippen molar-refractivity contribution in [1.82, 2.24) is 9.88 Å². The number of nitrogens with one attached hydrogen (secondary N) is 1. The number of nitrogens with zero attached hydrogens (tertiary/aromatic N) is 1. The van der Waals surface area contributed by atoms with Gasteiger partial charge in [0.25, 0.3) is 5.91 Å². The van der Waals surface area contributed by atoms with Crippen molar-refractivity contribution in [2.75, 3.05) is 19.8 Å². The molecule has 3 rings (SSSR count). The topological polar surface area (TPSA) is 97.4 Å². The molecular weight excluding hydrogens is 336 g/mol. The van der Waals surface area contributed by atoms with Crippen molar-refractivity contribution in [2.45, 2.75) is 12.5 Å². The first-order valence-electron chi connectivity index (χ1n) is 7.20. The number of halogens is 1. The molecule has 1 atom stereocenters. The van der Waals surface area contributed by atoms with Crippen LogP contribution in [0.2, 0.25) is 5.02 Å². The van der Waals surface area contributed by atoms with E-state index in [1.165, 1.54) is 0 Å². The molecule has 1 aliphatic heterocycles. The van der Waals surface area contributed by atoms with E-state index in [4.69, 9.17) is 40.0 Å². The van der Waals surface area contributed by atoms with E-state index < -0.39 is 5.91 Å². The van der Waals surface area contributed by atoms with E-state index in [1.54, 1.807) is 6.07 Å². The molecule has 0 spiro atoms. The second kappa shape index (κ2) is 6.35. The van der Waals surface area contributed by atoms with Crippen LogP contribution in [0.4, 0.5) is 0 Å². The first-order valence-corrected chi connectivity index (χ1v) is 7.99. The number of morpholine rings is 1. The molecule has 1 fully saturated rings. The second-order valence-electron chi connectivity index (χ2n) is 5.52. The molecule has 1 aromatic heterocycles. The summed E-state index contributed by atoms with van der Waals surface area (Å²) >= 11 is 11.2. The van der Waals surface area contributed by atoms with E-state index in [9.17, 15) is 4.79 Å². The van der Waals surface area contributed by atoms with Crippen molar-refractivity contribution in [3.8, 4) is 0 Å². The van der Waals surface area contributed by atoms with Gasteiger partial charge in [-0.15, -0.1) is 0 Å². The number of carbonyl (C=O) groups is 1. The molecule has 0 unspecified atom stereocenters. The van der Waals surface area contributed by atoms with Crippen molar-refractivity contribution < 1.29 is 9.53 Å². The molecule has 0 bridgehead atoms. The van der Waals surface area contributed by atoms with Crippen LogP contribution in [0.25, 0.3) is 10.9 Å². The minimum Gasteiger partial charge on any atom is -0.377 e. The Bertz CT molecular complexity index is 776. The summed E-state index contributed by atoms with van der Waals surface area (Å²) in [5.41, 5.74) is 13.3. The zero-order chi connectivity index (χ0) is 16.6. The monoisotopic (exact) mass is 352 g/mol. The Morgan fingerprint density at radius 1 is 1.48 bits per heavy atom. The van der Waals surface area contributed by atoms with Gasteiger partial charge in [-0.3, -0.25) is 4.79 Å². The number of nitrogens with two attached hydrogens (primary N) is 2. The van der Waals surface area contributed by atoms with E-state index in [2.05, 4.69) is 4.98 Å². The Morgan fingerprint density at radius 2 is 2.26 bits per heavy atom. The highest BCUT2D eigenvalue weighted by molar-refractivity contribution is 7.80. The molecule has 0 radical (unpaired) electrons. The average molecular weight is 353 g/mol. The van der Waals surface area contributed by atoms with Gasteiger partial charge in [0.2, 0.25) is 0 Å². The van der Waals surface area contributed by atoms with E-state index in [0.29, 0.717) is 47.4 Å². The Morgan fingerprint density at radius 3 is 2.96 bits per heavy atom. The third kappa shape index (κ3) is 3.12. The molecule has 1 amide bonds. The van der Waals surface area contributed by atoms with Crippen LogP contribution in [-0.2, 0) is 11.2 Å². The van der Waals surface area contributed by atoms with Gasteiger partial charge in [-0.05, 0) is 36.3 Å². The standard InChI is InChI=1S/C15H17ClN4O2S/c16-9-4-11-8(6-19-13(11)12(5-9)14(17)21)3-10-7-22-2-1-20(10)15(18)23/h4-6,10,19H,1-3,7H2,(H2,17,21)(H2,18,23)/t10-/m0/s1. The van der Waals surface area contributed by atoms with E-state index in [1.807, 2.05) is 17.2 Å². The summed E-state index contributed by atoms with van der Waals surface area (Å²) in [5, 5.41) is 1.71. The molecule has 122 valence electrons. The predicted molar refractivity (Wildman–Crippen MR) is 93.6 cm³/mol. The van der Waals surface area contributed by atoms with Gasteiger partial charge in [-0.25, -0.2) is 0 Å². The minimum atomic E-state index is -0.517. The molecule has 2 heterocycles. The van der Waals surface area contributed by atoms with Crippen LogP contribution < -0.4 is 11.5 Å². The first kappa shape index (κ1) is 16.0. The number of aromatic nitrogens is 1. The van der Waals surface area contributed by atoms with Gasteiger partial charge in [0.15, 0.2) is 5.11 Å². The number of rotatable bonds is 3. The maximum atomic E-state index is 11.6. The third-order valence-electron chi connectivity index (χ3n) is 4.07. The fourth-order valence-electron chi connectivity index (χ4n) is 2.98. The van der Waals surface area contributed by atoms with Crippen molar-refractivity contribution in [3.63, 3.8) is 0 Å². The fourth-order valence-corrected chi connectivity index (χ4v) is 3.44. The number of amides is 1. The van der Waals surface area contributed by atoms with Crippen LogP contribution in [0.15, 0.2) is 18.3 Å². The number of benzene rings is 1. The minimum absolute atomic E-state index is 0.0521. The Labute approximate surface area is 143 Å². The highest BCUT2D eigenvalue weighted by Gasteiger charge is 2.25. The lowest BCUT2D eigenvalue weighted by Crippen LogP contribution is -2.51. The summed E-state index contributed by atoms with van der Waals surface area (Å²) in [6.45, 7) is 1.84. The molecule has 1 saturated heterocycles. The number of ether oxygens (including phenoxy) is 1. The van der Waals surface area contributed by atoms with Crippen molar-refractivity contribution in [1.29, 1.82) is 0 Å². The molecule has 8 heteroatoms. The van der Waals surface area contributed by atoms with Crippen molar-refractivity contribution in [3.05, 3.63) is 34.5 Å². The summed E-state index contributed by atoms with van der Waals surface area (Å²) in [6.07, 6.45) is 2.54. The van der Waals surface area contributed by atoms with Crippen LogP contribution >= 0.6 is 23.8 Å². The second-order valence-corrected chi connectivity index (χ2v) is 6.37. The van der Waals surface area contributed by atoms with Gasteiger partial charge in [0.05, 0.1) is 30.3 Å². The zero-order valence-electron chi connectivity index (χ0n) is 12.3. The lowest BCUT2D eigenvalue weighted by molar-refractivity contribution is 0.0274. The molecule has 0 saturated carbocycles. The molecular formula is C15H17ClN4O2S. The predicted octanol–water partition coefficient (Wildman–Crippen LogP) is 1.41. The van der Waals surface area contributed by atoms with Crippen molar-refractivity contribution in [2.24, 2.45) is 11.5 Å². The van der Waals surface area contributed by atoms with Gasteiger partial charge in [0, 0.05) is 23.2 Å². The maximum Gasteiger partial charge on any atom is 0.250 e. The molecule has 1 aliphatic rings. The van der Waals surface area contributed by atoms with Gasteiger partial charge in [-0.1, -0.05) is 11.6 Å². The van der Waals surface area contributed by atoms with E-state index in [-0.39, 0.29) is 6.04 Å². The lowest BCUT2D eigenvalue weighted by atomic mass is 10.0. The summed E-state index contributed by atoms with van der Waals surface area (Å²) in [5.74, 6) is -0.517. The zero-order valence-corrected chi connectivity index (χ0v) is 13.9. The highest BCUT2D eigenvalue weighted by Crippen LogP contribution is 2.28. The SMILES string of the molecule is NC(=O)c1cc(Cl)cc2c(C[C@H]3COCCN3C(N)=S)c[nH]c12. The normalized spacial score (nSPS) is 18.3. The lowest BCUT2D eigenvalue weighted by Gasteiger charge is -2.36. The average Bonchev–Trinajstić information content (AvgIpc) is 2.89. The van der Waals surface area contributed by atoms with Crippen LogP contribution in [0.5, 0.6) is 0 Å². The smallest absolute Gasteiger partial charge is 0.250 e. The number of primary amides is 1. The summed E-state index contributed by atoms with van der Waals surface area (Å²) in [7, 11) is 0. The quantitative estimate of drug-likeness (QED) is 0.725. The van der Waals surface area contributed by atoms with Crippen LogP contribution in [0.3, 0.4) is 0 Å². The number of aromatic amines is 1. The number of carbonyl (C=O) groups excluding carboxylic acids is 1. The van der Waals surface area contributed by atoms with E-state index in [0.717, 1.165) is 10.9 Å². The number of H-pyrrole nitrogens is 1. The van der Waals surface area contributed by atoms with Gasteiger partial charge >= 0.3 is 0 Å². The molecule has 2 aromatic rings. The molecule has 0 aliphatic carbocycles. The number of hydrogen-bond acceptors (Lipinski definition) is 3. The summed E-state index contributed by atoms with van der Waals surface area (Å²) in [4.78, 5) is 16.7. The third-order valence-corrected chi connectivity index (χ3v) is 4.52. The van der Waals surface area contributed by atoms with Crippen LogP contribution in [0.1, 0.15) is 15.9 Å². The van der Waals surface area contributed by atoms with Crippen LogP contribution in [-0.4, -0.2) is 46.7 Å². The number of fused-ring (bicyclic) bond motifs is 1. The molecule has 5 N–H and O–H groups in total. The number of thiocarbonyl (C=S) groups is 1. The van der Waals surface area contributed by atoms with Crippen molar-refractivity contribution >= 4 is 45.7 Å². The maximum absolute atomic E-state index is 11.6. The van der Waals surface area contributed by atoms with E-state index >= 15 is 0 Å². The highest BCUT2D eigenvalue weighted by atomic mass is 35.5. The Balaban J connectivity index is 1.97. The summed E-state index contributed by atoms with van der Waals surface area (Å²) < 4.78 is 5.54. The Kier molecular flexibility index (Phi) is 4.43. The summed E-state index contributed by atoms with van der Waals surface area (Å²) in [6, 6.07) is 3.44. The molecule has 23 heavy (non-hydrogen) atoms. The van der Waals surface area contributed by atoms with Gasteiger partial charge in [-0.2, -0.15) is 0 Å². The molecule has 6 nitrogen and oxygen atoms in total.